The van der Waals surface area contributed by atoms with E-state index < -0.39 is 5.25 Å². The van der Waals surface area contributed by atoms with Crippen molar-refractivity contribution in [2.24, 2.45) is 4.99 Å². The molecule has 26 heavy (non-hydrogen) atoms. The molecule has 0 bridgehead atoms. The Morgan fingerprint density at radius 3 is 2.54 bits per heavy atom. The van der Waals surface area contributed by atoms with E-state index in [0.29, 0.717) is 21.6 Å². The predicted molar refractivity (Wildman–Crippen MR) is 110 cm³/mol. The van der Waals surface area contributed by atoms with Crippen LogP contribution < -0.4 is 5.32 Å². The summed E-state index contributed by atoms with van der Waals surface area (Å²) in [4.78, 5) is 30.6. The Kier molecular flexibility index (Phi) is 6.01. The molecule has 1 aliphatic rings. The molecule has 2 aromatic carbocycles. The number of thioether (sulfide) groups is 1. The largest absolute Gasteiger partial charge is 0.326 e. The number of hydrogen-bond acceptors (Lipinski definition) is 4. The number of rotatable bonds is 4. The molecular formula is C18H15BrClN3O2S. The van der Waals surface area contributed by atoms with Gasteiger partial charge in [-0.15, -0.1) is 0 Å². The number of carbonyl (C=O) groups excluding carboxylic acids is 2. The van der Waals surface area contributed by atoms with Crippen LogP contribution in [0.15, 0.2) is 58.0 Å². The molecule has 2 aromatic rings. The van der Waals surface area contributed by atoms with Crippen molar-refractivity contribution in [3.8, 4) is 0 Å². The number of nitrogens with zero attached hydrogens (tertiary/aromatic N) is 2. The van der Waals surface area contributed by atoms with Gasteiger partial charge in [0.2, 0.25) is 11.8 Å². The lowest BCUT2D eigenvalue weighted by Crippen LogP contribution is -2.30. The van der Waals surface area contributed by atoms with E-state index in [1.54, 1.807) is 43.4 Å². The van der Waals surface area contributed by atoms with Crippen molar-refractivity contribution in [2.75, 3.05) is 12.4 Å². The zero-order valence-electron chi connectivity index (χ0n) is 13.8. The smallest absolute Gasteiger partial charge is 0.242 e. The molecular weight excluding hydrogens is 438 g/mol. The Morgan fingerprint density at radius 1 is 1.23 bits per heavy atom. The first-order valence-electron chi connectivity index (χ1n) is 7.76. The number of carbonyl (C=O) groups is 2. The van der Waals surface area contributed by atoms with Gasteiger partial charge in [0, 0.05) is 28.7 Å². The van der Waals surface area contributed by atoms with Crippen LogP contribution in [0.3, 0.4) is 0 Å². The second kappa shape index (κ2) is 8.24. The second-order valence-electron chi connectivity index (χ2n) is 5.63. The number of amides is 2. The number of anilines is 1. The number of aliphatic imine (C=N–C) groups is 1. The average molecular weight is 453 g/mol. The summed E-state index contributed by atoms with van der Waals surface area (Å²) in [6.45, 7) is 0. The van der Waals surface area contributed by atoms with Crippen molar-refractivity contribution < 1.29 is 9.59 Å². The summed E-state index contributed by atoms with van der Waals surface area (Å²) in [5.41, 5.74) is 1.40. The molecule has 5 nitrogen and oxygen atoms in total. The van der Waals surface area contributed by atoms with Crippen molar-refractivity contribution in [3.63, 3.8) is 0 Å². The van der Waals surface area contributed by atoms with Crippen molar-refractivity contribution in [1.29, 1.82) is 0 Å². The standard InChI is InChI=1S/C18H15BrClN3O2S/c1-23-17(25)15(10-16(24)21-13-6-2-11(19)3-7-13)26-18(23)22-14-8-4-12(20)5-9-14/h2-9,15H,10H2,1H3,(H,21,24)/t15-/m0/s1. The van der Waals surface area contributed by atoms with Gasteiger partial charge in [-0.3, -0.25) is 14.5 Å². The third-order valence-corrected chi connectivity index (χ3v) is 5.70. The van der Waals surface area contributed by atoms with Crippen molar-refractivity contribution in [1.82, 2.24) is 4.90 Å². The normalized spacial score (nSPS) is 18.4. The molecule has 0 unspecified atom stereocenters. The number of hydrogen-bond donors (Lipinski definition) is 1. The molecule has 0 radical (unpaired) electrons. The van der Waals surface area contributed by atoms with Gasteiger partial charge in [-0.2, -0.15) is 0 Å². The fourth-order valence-corrected chi connectivity index (χ4v) is 3.88. The average Bonchev–Trinajstić information content (AvgIpc) is 2.87. The van der Waals surface area contributed by atoms with Crippen LogP contribution in [0.5, 0.6) is 0 Å². The van der Waals surface area contributed by atoms with Crippen LogP contribution in [-0.4, -0.2) is 34.2 Å². The Hall–Kier alpha value is -1.83. The maximum Gasteiger partial charge on any atom is 0.242 e. The fourth-order valence-electron chi connectivity index (χ4n) is 2.34. The van der Waals surface area contributed by atoms with E-state index in [9.17, 15) is 9.59 Å². The van der Waals surface area contributed by atoms with Gasteiger partial charge in [0.15, 0.2) is 5.17 Å². The molecule has 1 heterocycles. The Balaban J connectivity index is 1.65. The molecule has 3 rings (SSSR count). The predicted octanol–water partition coefficient (Wildman–Crippen LogP) is 4.69. The van der Waals surface area contributed by atoms with Gasteiger partial charge in [-0.05, 0) is 48.5 Å². The first-order valence-corrected chi connectivity index (χ1v) is 9.81. The van der Waals surface area contributed by atoms with E-state index in [-0.39, 0.29) is 18.2 Å². The molecule has 0 saturated carbocycles. The number of halogens is 2. The van der Waals surface area contributed by atoms with Gasteiger partial charge >= 0.3 is 0 Å². The second-order valence-corrected chi connectivity index (χ2v) is 8.16. The highest BCUT2D eigenvalue weighted by atomic mass is 79.9. The van der Waals surface area contributed by atoms with Gasteiger partial charge in [0.1, 0.15) is 5.25 Å². The molecule has 8 heteroatoms. The summed E-state index contributed by atoms with van der Waals surface area (Å²) in [5, 5.41) is 3.51. The highest BCUT2D eigenvalue weighted by molar-refractivity contribution is 9.10. The van der Waals surface area contributed by atoms with Gasteiger partial charge < -0.3 is 5.32 Å². The molecule has 1 fully saturated rings. The van der Waals surface area contributed by atoms with E-state index in [2.05, 4.69) is 26.2 Å². The number of benzene rings is 2. The number of amidine groups is 1. The van der Waals surface area contributed by atoms with Crippen LogP contribution in [0.2, 0.25) is 5.02 Å². The van der Waals surface area contributed by atoms with Crippen LogP contribution in [0, 0.1) is 0 Å². The minimum absolute atomic E-state index is 0.0868. The molecule has 1 saturated heterocycles. The summed E-state index contributed by atoms with van der Waals surface area (Å²) in [6.07, 6.45) is 0.0868. The first-order chi connectivity index (χ1) is 12.4. The molecule has 0 spiro atoms. The molecule has 2 amide bonds. The molecule has 1 aliphatic heterocycles. The monoisotopic (exact) mass is 451 g/mol. The first kappa shape index (κ1) is 18.9. The summed E-state index contributed by atoms with van der Waals surface area (Å²) in [7, 11) is 1.66. The molecule has 134 valence electrons. The van der Waals surface area contributed by atoms with Crippen molar-refractivity contribution in [3.05, 3.63) is 58.0 Å². The maximum absolute atomic E-state index is 12.4. The van der Waals surface area contributed by atoms with E-state index >= 15 is 0 Å². The van der Waals surface area contributed by atoms with Crippen LogP contribution in [0.25, 0.3) is 0 Å². The summed E-state index contributed by atoms with van der Waals surface area (Å²) < 4.78 is 0.932. The van der Waals surface area contributed by atoms with Gasteiger partial charge in [0.05, 0.1) is 5.69 Å². The van der Waals surface area contributed by atoms with Crippen LogP contribution in [0.4, 0.5) is 11.4 Å². The lowest BCUT2D eigenvalue weighted by molar-refractivity contribution is -0.127. The van der Waals surface area contributed by atoms with E-state index in [4.69, 9.17) is 11.6 Å². The number of nitrogens with one attached hydrogen (secondary N) is 1. The zero-order chi connectivity index (χ0) is 18.7. The summed E-state index contributed by atoms with van der Waals surface area (Å²) in [5.74, 6) is -0.340. The van der Waals surface area contributed by atoms with Gasteiger partial charge in [0.25, 0.3) is 0 Å². The minimum atomic E-state index is -0.485. The fraction of sp³-hybridized carbons (Fsp3) is 0.167. The highest BCUT2D eigenvalue weighted by Crippen LogP contribution is 2.31. The van der Waals surface area contributed by atoms with Gasteiger partial charge in [-0.1, -0.05) is 39.3 Å². The van der Waals surface area contributed by atoms with E-state index in [1.165, 1.54) is 16.7 Å². The quantitative estimate of drug-likeness (QED) is 0.732. The topological polar surface area (TPSA) is 61.8 Å². The highest BCUT2D eigenvalue weighted by Gasteiger charge is 2.36. The summed E-state index contributed by atoms with van der Waals surface area (Å²) >= 11 is 10.5. The van der Waals surface area contributed by atoms with Crippen LogP contribution in [0.1, 0.15) is 6.42 Å². The molecule has 0 aliphatic carbocycles. The van der Waals surface area contributed by atoms with Crippen LogP contribution >= 0.6 is 39.3 Å². The van der Waals surface area contributed by atoms with E-state index in [0.717, 1.165) is 4.47 Å². The SMILES string of the molecule is CN1C(=O)[C@H](CC(=O)Nc2ccc(Br)cc2)SC1=Nc1ccc(Cl)cc1. The summed E-state index contributed by atoms with van der Waals surface area (Å²) in [6, 6.07) is 14.3. The molecule has 0 aromatic heterocycles. The minimum Gasteiger partial charge on any atom is -0.326 e. The Morgan fingerprint density at radius 2 is 1.88 bits per heavy atom. The third kappa shape index (κ3) is 4.66. The van der Waals surface area contributed by atoms with Gasteiger partial charge in [-0.25, -0.2) is 4.99 Å². The van der Waals surface area contributed by atoms with Crippen molar-refractivity contribution in [2.45, 2.75) is 11.7 Å². The zero-order valence-corrected chi connectivity index (χ0v) is 16.9. The van der Waals surface area contributed by atoms with Crippen molar-refractivity contribution >= 4 is 67.6 Å². The van der Waals surface area contributed by atoms with E-state index in [1.807, 2.05) is 12.1 Å². The Labute approximate surface area is 168 Å². The Bertz CT molecular complexity index is 856. The third-order valence-electron chi connectivity index (χ3n) is 3.69. The maximum atomic E-state index is 12.4. The lowest BCUT2D eigenvalue weighted by atomic mass is 10.2. The lowest BCUT2D eigenvalue weighted by Gasteiger charge is -2.09. The molecule has 1 N–H and O–H groups in total. The molecule has 1 atom stereocenters. The van der Waals surface area contributed by atoms with Crippen LogP contribution in [-0.2, 0) is 9.59 Å².